The van der Waals surface area contributed by atoms with Crippen molar-refractivity contribution in [1.82, 2.24) is 9.97 Å². The zero-order valence-electron chi connectivity index (χ0n) is 22.2. The fourth-order valence-corrected chi connectivity index (χ4v) is 7.30. The number of nitrogens with zero attached hydrogens (tertiary/aromatic N) is 2. The maximum Gasteiger partial charge on any atom is 0.124 e. The molecular formula is C33H30N2OS2. The van der Waals surface area contributed by atoms with Crippen molar-refractivity contribution in [3.05, 3.63) is 117 Å². The Morgan fingerprint density at radius 1 is 0.658 bits per heavy atom. The van der Waals surface area contributed by atoms with Gasteiger partial charge in [-0.3, -0.25) is 0 Å². The predicted molar refractivity (Wildman–Crippen MR) is 160 cm³/mol. The van der Waals surface area contributed by atoms with Crippen LogP contribution in [0.3, 0.4) is 0 Å². The summed E-state index contributed by atoms with van der Waals surface area (Å²) in [4.78, 5) is 12.6. The van der Waals surface area contributed by atoms with E-state index in [0.29, 0.717) is 0 Å². The predicted octanol–water partition coefficient (Wildman–Crippen LogP) is 8.76. The molecule has 1 aliphatic carbocycles. The third-order valence-electron chi connectivity index (χ3n) is 7.39. The normalized spacial score (nSPS) is 17.2. The van der Waals surface area contributed by atoms with E-state index in [2.05, 4.69) is 71.0 Å². The summed E-state index contributed by atoms with van der Waals surface area (Å²) in [7, 11) is 0. The van der Waals surface area contributed by atoms with E-state index in [1.807, 2.05) is 48.5 Å². The monoisotopic (exact) mass is 534 g/mol. The van der Waals surface area contributed by atoms with Gasteiger partial charge in [-0.05, 0) is 30.4 Å². The van der Waals surface area contributed by atoms with Gasteiger partial charge in [-0.15, -0.1) is 22.7 Å². The number of aryl methyl sites for hydroxylation is 2. The van der Waals surface area contributed by atoms with Crippen molar-refractivity contribution in [3.63, 3.8) is 0 Å². The third kappa shape index (κ3) is 3.80. The lowest BCUT2D eigenvalue weighted by molar-refractivity contribution is -0.00626. The van der Waals surface area contributed by atoms with Gasteiger partial charge >= 0.3 is 0 Å². The number of aliphatic hydroxyl groups is 1. The molecule has 6 rings (SSSR count). The average molecular weight is 535 g/mol. The first kappa shape index (κ1) is 24.9. The van der Waals surface area contributed by atoms with Crippen molar-refractivity contribution in [2.75, 3.05) is 0 Å². The number of benzene rings is 3. The Bertz CT molecular complexity index is 1670. The summed E-state index contributed by atoms with van der Waals surface area (Å²) in [6.45, 7) is 10.6. The van der Waals surface area contributed by atoms with E-state index in [1.54, 1.807) is 22.7 Å². The van der Waals surface area contributed by atoms with Crippen LogP contribution in [-0.4, -0.2) is 15.1 Å². The number of hydrogen-bond donors (Lipinski definition) is 1. The first-order valence-electron chi connectivity index (χ1n) is 12.8. The van der Waals surface area contributed by atoms with Crippen LogP contribution in [0.4, 0.5) is 0 Å². The van der Waals surface area contributed by atoms with Gasteiger partial charge in [0.15, 0.2) is 0 Å². The molecule has 0 unspecified atom stereocenters. The second-order valence-electron chi connectivity index (χ2n) is 10.8. The maximum absolute atomic E-state index is 12.8. The molecule has 3 nitrogen and oxygen atoms in total. The van der Waals surface area contributed by atoms with Gasteiger partial charge < -0.3 is 5.11 Å². The lowest BCUT2D eigenvalue weighted by Crippen LogP contribution is -2.40. The summed E-state index contributed by atoms with van der Waals surface area (Å²) >= 11 is 3.37. The van der Waals surface area contributed by atoms with E-state index in [0.717, 1.165) is 64.6 Å². The van der Waals surface area contributed by atoms with Gasteiger partial charge in [0.1, 0.15) is 15.6 Å². The Morgan fingerprint density at radius 3 is 1.68 bits per heavy atom. The van der Waals surface area contributed by atoms with Crippen molar-refractivity contribution >= 4 is 33.8 Å². The van der Waals surface area contributed by atoms with E-state index in [4.69, 9.17) is 9.97 Å². The van der Waals surface area contributed by atoms with Crippen molar-refractivity contribution < 1.29 is 5.11 Å². The number of hydrogen-bond acceptors (Lipinski definition) is 5. The van der Waals surface area contributed by atoms with Crippen LogP contribution in [0, 0.1) is 19.3 Å². The molecule has 0 fully saturated rings. The minimum absolute atomic E-state index is 0.491. The molecule has 1 atom stereocenters. The number of fused-ring (bicyclic) bond motifs is 1. The van der Waals surface area contributed by atoms with Crippen molar-refractivity contribution in [3.8, 4) is 21.1 Å². The highest BCUT2D eigenvalue weighted by atomic mass is 32.1. The van der Waals surface area contributed by atoms with Crippen LogP contribution < -0.4 is 0 Å². The minimum Gasteiger partial charge on any atom is -0.380 e. The lowest BCUT2D eigenvalue weighted by atomic mass is 9.69. The molecule has 0 radical (unpaired) electrons. The molecule has 2 heterocycles. The van der Waals surface area contributed by atoms with Gasteiger partial charge in [0, 0.05) is 32.0 Å². The summed E-state index contributed by atoms with van der Waals surface area (Å²) in [6.07, 6.45) is 0. The van der Waals surface area contributed by atoms with Crippen LogP contribution in [-0.2, 0) is 5.60 Å². The molecule has 1 N–H and O–H groups in total. The Labute approximate surface area is 232 Å². The Hall–Kier alpha value is -3.38. The summed E-state index contributed by atoms with van der Waals surface area (Å²) in [6, 6.07) is 28.8. The SMILES string of the molecule is Cc1sc(-c2ccccc2)nc1C1=C(c2nc(-c3ccccc3)sc2C)[C@](O)(C(C)(C)C)c2ccccc21. The molecule has 190 valence electrons. The summed E-state index contributed by atoms with van der Waals surface area (Å²) in [5.74, 6) is 0. The highest BCUT2D eigenvalue weighted by Crippen LogP contribution is 2.60. The van der Waals surface area contributed by atoms with E-state index in [9.17, 15) is 5.11 Å². The first-order chi connectivity index (χ1) is 18.2. The number of rotatable bonds is 4. The summed E-state index contributed by atoms with van der Waals surface area (Å²) in [5, 5.41) is 14.8. The van der Waals surface area contributed by atoms with Gasteiger partial charge in [-0.1, -0.05) is 106 Å². The lowest BCUT2D eigenvalue weighted by Gasteiger charge is -2.40. The zero-order chi connectivity index (χ0) is 26.7. The van der Waals surface area contributed by atoms with Gasteiger partial charge in [0.05, 0.1) is 11.4 Å². The molecule has 5 aromatic rings. The zero-order valence-corrected chi connectivity index (χ0v) is 23.9. The van der Waals surface area contributed by atoms with E-state index in [-0.39, 0.29) is 0 Å². The molecule has 3 aromatic carbocycles. The molecule has 38 heavy (non-hydrogen) atoms. The smallest absolute Gasteiger partial charge is 0.124 e. The van der Waals surface area contributed by atoms with E-state index in [1.165, 1.54) is 0 Å². The first-order valence-corrected chi connectivity index (χ1v) is 14.5. The quantitative estimate of drug-likeness (QED) is 0.251. The molecule has 0 amide bonds. The van der Waals surface area contributed by atoms with Crippen LogP contribution >= 0.6 is 22.7 Å². The highest BCUT2D eigenvalue weighted by molar-refractivity contribution is 7.15. The van der Waals surface area contributed by atoms with E-state index >= 15 is 0 Å². The molecule has 0 spiro atoms. The van der Waals surface area contributed by atoms with Gasteiger partial charge in [-0.2, -0.15) is 0 Å². The van der Waals surface area contributed by atoms with Gasteiger partial charge in [-0.25, -0.2) is 9.97 Å². The highest BCUT2D eigenvalue weighted by Gasteiger charge is 2.53. The largest absolute Gasteiger partial charge is 0.380 e. The van der Waals surface area contributed by atoms with Gasteiger partial charge in [0.25, 0.3) is 0 Å². The number of thiazole rings is 2. The van der Waals surface area contributed by atoms with Crippen molar-refractivity contribution in [1.29, 1.82) is 0 Å². The topological polar surface area (TPSA) is 46.0 Å². The van der Waals surface area contributed by atoms with Crippen LogP contribution in [0.2, 0.25) is 0 Å². The van der Waals surface area contributed by atoms with Crippen LogP contribution in [0.1, 0.15) is 53.0 Å². The second kappa shape index (κ2) is 9.12. The Kier molecular flexibility index (Phi) is 5.98. The molecule has 5 heteroatoms. The average Bonchev–Trinajstić information content (AvgIpc) is 3.57. The van der Waals surface area contributed by atoms with Gasteiger partial charge in [0.2, 0.25) is 0 Å². The fraction of sp³-hybridized carbons (Fsp3) is 0.212. The molecule has 0 saturated heterocycles. The molecule has 0 aliphatic heterocycles. The number of aromatic nitrogens is 2. The molecular weight excluding hydrogens is 505 g/mol. The minimum atomic E-state index is -1.24. The standard InChI is InChI=1S/C33H30N2OS2/c1-20-28(34-30(37-20)22-14-8-6-9-15-22)26-24-18-12-13-19-25(24)33(36,32(3,4)5)27(26)29-21(2)38-31(35-29)23-16-10-7-11-17-23/h6-19,36H,1-5H3/t33-/m0/s1. The molecule has 2 aromatic heterocycles. The maximum atomic E-state index is 12.8. The summed E-state index contributed by atoms with van der Waals surface area (Å²) < 4.78 is 0. The van der Waals surface area contributed by atoms with E-state index < -0.39 is 11.0 Å². The second-order valence-corrected chi connectivity index (χ2v) is 13.2. The fourth-order valence-electron chi connectivity index (χ4n) is 5.45. The third-order valence-corrected chi connectivity index (χ3v) is 9.43. The van der Waals surface area contributed by atoms with Crippen LogP contribution in [0.15, 0.2) is 84.9 Å². The molecule has 0 saturated carbocycles. The van der Waals surface area contributed by atoms with Crippen LogP contribution in [0.5, 0.6) is 0 Å². The van der Waals surface area contributed by atoms with Crippen molar-refractivity contribution in [2.45, 2.75) is 40.2 Å². The Balaban J connectivity index is 1.67. The summed E-state index contributed by atoms with van der Waals surface area (Å²) in [5.41, 5.74) is 6.02. The van der Waals surface area contributed by atoms with Crippen LogP contribution in [0.25, 0.3) is 32.3 Å². The molecule has 0 bridgehead atoms. The van der Waals surface area contributed by atoms with Crippen molar-refractivity contribution in [2.24, 2.45) is 5.41 Å². The Morgan fingerprint density at radius 2 is 1.13 bits per heavy atom. The molecule has 1 aliphatic rings.